The first-order valence-corrected chi connectivity index (χ1v) is 10.4. The van der Waals surface area contributed by atoms with Crippen molar-refractivity contribution in [3.63, 3.8) is 0 Å². The highest BCUT2D eigenvalue weighted by Gasteiger charge is 2.28. The molecule has 0 aliphatic carbocycles. The molecule has 2 atom stereocenters. The number of halogens is 1. The number of hydrogen-bond acceptors (Lipinski definition) is 6. The van der Waals surface area contributed by atoms with Crippen molar-refractivity contribution in [2.45, 2.75) is 26.2 Å². The molecule has 6 nitrogen and oxygen atoms in total. The second-order valence-corrected chi connectivity index (χ2v) is 7.74. The molecule has 1 saturated heterocycles. The number of aldehydes is 1. The molecule has 2 unspecified atom stereocenters. The number of piperidine rings is 1. The summed E-state index contributed by atoms with van der Waals surface area (Å²) < 4.78 is 13.6. The molecule has 1 aliphatic rings. The third-order valence-corrected chi connectivity index (χ3v) is 5.29. The number of benzene rings is 1. The average Bonchev–Trinajstić information content (AvgIpc) is 2.76. The van der Waals surface area contributed by atoms with Crippen LogP contribution in [0.3, 0.4) is 0 Å². The Morgan fingerprint density at radius 2 is 2.00 bits per heavy atom. The maximum atomic E-state index is 13.6. The quantitative estimate of drug-likeness (QED) is 0.617. The monoisotopic (exact) mass is 421 g/mol. The topological polar surface area (TPSA) is 71.0 Å². The molecule has 3 aromatic rings. The summed E-state index contributed by atoms with van der Waals surface area (Å²) in [6, 6.07) is 12.2. The molecule has 2 aromatic heterocycles. The molecule has 1 N–H and O–H groups in total. The number of hydrogen-bond donors (Lipinski definition) is 1. The minimum Gasteiger partial charge on any atom is -0.340 e. The van der Waals surface area contributed by atoms with E-state index in [1.807, 2.05) is 24.3 Å². The van der Waals surface area contributed by atoms with Gasteiger partial charge in [-0.1, -0.05) is 13.0 Å². The fraction of sp³-hybridized carbons (Fsp3) is 0.333. The number of carbonyl (C=O) groups excluding carboxylic acids is 1. The second kappa shape index (κ2) is 10.7. The number of anilines is 2. The Labute approximate surface area is 182 Å². The molecule has 1 aromatic carbocycles. The molecule has 0 bridgehead atoms. The van der Waals surface area contributed by atoms with E-state index in [0.717, 1.165) is 42.9 Å². The molecular weight excluding hydrogens is 393 g/mol. The molecule has 1 fully saturated rings. The van der Waals surface area contributed by atoms with E-state index in [-0.39, 0.29) is 11.7 Å². The zero-order valence-electron chi connectivity index (χ0n) is 18.1. The van der Waals surface area contributed by atoms with Gasteiger partial charge in [-0.05, 0) is 63.2 Å². The first-order valence-electron chi connectivity index (χ1n) is 10.4. The van der Waals surface area contributed by atoms with Gasteiger partial charge in [-0.15, -0.1) is 0 Å². The number of nitrogens with zero attached hydrogens (tertiary/aromatic N) is 4. The van der Waals surface area contributed by atoms with Crippen molar-refractivity contribution in [1.29, 1.82) is 0 Å². The molecule has 0 spiro atoms. The summed E-state index contributed by atoms with van der Waals surface area (Å²) in [4.78, 5) is 25.0. The van der Waals surface area contributed by atoms with Gasteiger partial charge in [0.2, 0.25) is 0 Å². The van der Waals surface area contributed by atoms with Gasteiger partial charge in [-0.2, -0.15) is 0 Å². The SMILES string of the molecule is CC1CCN(C)CC1c1nc(Nc2cccc(F)c2)cc(-c2cccnc2)n1.CC=O. The lowest BCUT2D eigenvalue weighted by atomic mass is 9.86. The Morgan fingerprint density at radius 1 is 1.19 bits per heavy atom. The van der Waals surface area contributed by atoms with E-state index >= 15 is 0 Å². The molecule has 31 heavy (non-hydrogen) atoms. The summed E-state index contributed by atoms with van der Waals surface area (Å²) in [6.45, 7) is 5.73. The van der Waals surface area contributed by atoms with E-state index in [1.54, 1.807) is 18.5 Å². The van der Waals surface area contributed by atoms with Gasteiger partial charge >= 0.3 is 0 Å². The van der Waals surface area contributed by atoms with Crippen LogP contribution < -0.4 is 5.32 Å². The standard InChI is InChI=1S/C22H24FN5.C2H4O/c1-15-8-10-28(2)14-19(15)22-26-20(16-5-4-9-24-13-16)12-21(27-22)25-18-7-3-6-17(23)11-18;1-2-3/h3-7,9,11-13,15,19H,8,10,14H2,1-2H3,(H,25,26,27);2H,1H3. The van der Waals surface area contributed by atoms with Gasteiger partial charge in [0.25, 0.3) is 0 Å². The summed E-state index contributed by atoms with van der Waals surface area (Å²) in [5.74, 6) is 1.95. The summed E-state index contributed by atoms with van der Waals surface area (Å²) >= 11 is 0. The van der Waals surface area contributed by atoms with Crippen LogP contribution in [0.4, 0.5) is 15.9 Å². The van der Waals surface area contributed by atoms with Crippen molar-refractivity contribution in [3.8, 4) is 11.3 Å². The van der Waals surface area contributed by atoms with Crippen LogP contribution >= 0.6 is 0 Å². The van der Waals surface area contributed by atoms with E-state index in [2.05, 4.69) is 29.2 Å². The Balaban J connectivity index is 0.000000858. The maximum Gasteiger partial charge on any atom is 0.136 e. The molecule has 0 radical (unpaired) electrons. The van der Waals surface area contributed by atoms with Crippen molar-refractivity contribution >= 4 is 17.8 Å². The van der Waals surface area contributed by atoms with Crippen molar-refractivity contribution in [2.24, 2.45) is 5.92 Å². The van der Waals surface area contributed by atoms with Crippen LogP contribution in [0.2, 0.25) is 0 Å². The third kappa shape index (κ3) is 6.15. The van der Waals surface area contributed by atoms with Crippen LogP contribution in [-0.4, -0.2) is 46.3 Å². The van der Waals surface area contributed by atoms with Crippen LogP contribution in [0.25, 0.3) is 11.3 Å². The molecule has 4 rings (SSSR count). The summed E-state index contributed by atoms with van der Waals surface area (Å²) in [6.07, 6.45) is 5.42. The lowest BCUT2D eigenvalue weighted by Gasteiger charge is -2.34. The van der Waals surface area contributed by atoms with Crippen LogP contribution in [0, 0.1) is 11.7 Å². The Hall–Kier alpha value is -3.19. The van der Waals surface area contributed by atoms with E-state index < -0.39 is 0 Å². The van der Waals surface area contributed by atoms with Crippen LogP contribution in [-0.2, 0) is 4.79 Å². The Kier molecular flexibility index (Phi) is 7.78. The average molecular weight is 422 g/mol. The second-order valence-electron chi connectivity index (χ2n) is 7.74. The fourth-order valence-corrected chi connectivity index (χ4v) is 3.64. The number of rotatable bonds is 4. The van der Waals surface area contributed by atoms with E-state index in [0.29, 0.717) is 17.4 Å². The fourth-order valence-electron chi connectivity index (χ4n) is 3.64. The number of nitrogens with one attached hydrogen (secondary N) is 1. The predicted molar refractivity (Wildman–Crippen MR) is 121 cm³/mol. The largest absolute Gasteiger partial charge is 0.340 e. The van der Waals surface area contributed by atoms with Crippen molar-refractivity contribution < 1.29 is 9.18 Å². The summed E-state index contributed by atoms with van der Waals surface area (Å²) in [5.41, 5.74) is 2.42. The highest BCUT2D eigenvalue weighted by Crippen LogP contribution is 2.32. The van der Waals surface area contributed by atoms with Crippen molar-refractivity contribution in [1.82, 2.24) is 19.9 Å². The number of carbonyl (C=O) groups is 1. The Bertz CT molecular complexity index is 998. The minimum absolute atomic E-state index is 0.253. The van der Waals surface area contributed by atoms with E-state index in [4.69, 9.17) is 14.8 Å². The van der Waals surface area contributed by atoms with Gasteiger partial charge in [0.15, 0.2) is 0 Å². The molecule has 162 valence electrons. The third-order valence-electron chi connectivity index (χ3n) is 5.29. The zero-order valence-corrected chi connectivity index (χ0v) is 18.1. The smallest absolute Gasteiger partial charge is 0.136 e. The highest BCUT2D eigenvalue weighted by molar-refractivity contribution is 5.65. The molecular formula is C24H28FN5O. The number of likely N-dealkylation sites (N-methyl/N-ethyl adjacent to an activating group) is 1. The molecule has 3 heterocycles. The number of pyridine rings is 1. The molecule has 0 amide bonds. The van der Waals surface area contributed by atoms with E-state index in [1.165, 1.54) is 19.1 Å². The first-order chi connectivity index (χ1) is 15.0. The predicted octanol–water partition coefficient (Wildman–Crippen LogP) is 4.68. The maximum absolute atomic E-state index is 13.6. The van der Waals surface area contributed by atoms with Gasteiger partial charge in [-0.25, -0.2) is 14.4 Å². The van der Waals surface area contributed by atoms with Gasteiger partial charge in [0.05, 0.1) is 5.69 Å². The molecule has 0 saturated carbocycles. The van der Waals surface area contributed by atoms with Crippen molar-refractivity contribution in [2.75, 3.05) is 25.5 Å². The van der Waals surface area contributed by atoms with Crippen LogP contribution in [0.1, 0.15) is 32.0 Å². The molecule has 1 aliphatic heterocycles. The normalized spacial score (nSPS) is 18.6. The lowest BCUT2D eigenvalue weighted by molar-refractivity contribution is -0.106. The van der Waals surface area contributed by atoms with E-state index in [9.17, 15) is 4.39 Å². The lowest BCUT2D eigenvalue weighted by Crippen LogP contribution is -2.36. The van der Waals surface area contributed by atoms with Crippen LogP contribution in [0.5, 0.6) is 0 Å². The highest BCUT2D eigenvalue weighted by atomic mass is 19.1. The van der Waals surface area contributed by atoms with Gasteiger partial charge in [-0.3, -0.25) is 4.98 Å². The molecule has 7 heteroatoms. The zero-order chi connectivity index (χ0) is 22.2. The summed E-state index contributed by atoms with van der Waals surface area (Å²) in [5, 5.41) is 3.24. The van der Waals surface area contributed by atoms with Gasteiger partial charge in [0.1, 0.15) is 23.7 Å². The first kappa shape index (κ1) is 22.5. The Morgan fingerprint density at radius 3 is 2.71 bits per heavy atom. The number of likely N-dealkylation sites (tertiary alicyclic amines) is 1. The van der Waals surface area contributed by atoms with Gasteiger partial charge < -0.3 is 15.0 Å². The summed E-state index contributed by atoms with van der Waals surface area (Å²) in [7, 11) is 2.13. The van der Waals surface area contributed by atoms with Gasteiger partial charge in [0, 0.05) is 42.2 Å². The minimum atomic E-state index is -0.283. The van der Waals surface area contributed by atoms with Crippen LogP contribution in [0.15, 0.2) is 54.9 Å². The number of aromatic nitrogens is 3. The van der Waals surface area contributed by atoms with Crippen molar-refractivity contribution in [3.05, 3.63) is 66.5 Å².